The van der Waals surface area contributed by atoms with Crippen molar-refractivity contribution in [2.45, 2.75) is 13.0 Å². The Kier molecular flexibility index (Phi) is 3.77. The number of para-hydroxylation sites is 1. The van der Waals surface area contributed by atoms with Crippen LogP contribution in [0, 0.1) is 0 Å². The highest BCUT2D eigenvalue weighted by Gasteiger charge is 2.05. The van der Waals surface area contributed by atoms with E-state index in [0.717, 1.165) is 11.1 Å². The molecule has 2 aromatic rings. The zero-order valence-electron chi connectivity index (χ0n) is 9.35. The Balaban J connectivity index is 1.87. The summed E-state index contributed by atoms with van der Waals surface area (Å²) in [5.74, 6) is -0.00546. The summed E-state index contributed by atoms with van der Waals surface area (Å²) in [4.78, 5) is 11.7. The predicted octanol–water partition coefficient (Wildman–Crippen LogP) is 2.19. The number of nitrogens with one attached hydrogen (secondary N) is 1. The van der Waals surface area contributed by atoms with Crippen LogP contribution in [0.5, 0.6) is 0 Å². The van der Waals surface area contributed by atoms with Crippen LogP contribution < -0.4 is 11.1 Å². The maximum absolute atomic E-state index is 11.7. The van der Waals surface area contributed by atoms with Crippen molar-refractivity contribution in [2.24, 2.45) is 0 Å². The Morgan fingerprint density at radius 3 is 2.82 bits per heavy atom. The first-order chi connectivity index (χ1) is 8.25. The van der Waals surface area contributed by atoms with E-state index in [1.165, 1.54) is 0 Å². The third-order valence-electron chi connectivity index (χ3n) is 2.48. The molecule has 4 heteroatoms. The Morgan fingerprint density at radius 2 is 2.12 bits per heavy atom. The van der Waals surface area contributed by atoms with E-state index < -0.39 is 0 Å². The molecule has 0 atom stereocenters. The SMILES string of the molecule is Nc1ccccc1CC(=O)NCc1ccsc1. The van der Waals surface area contributed by atoms with Crippen LogP contribution in [-0.4, -0.2) is 5.91 Å². The molecule has 2 rings (SSSR count). The Morgan fingerprint density at radius 1 is 1.29 bits per heavy atom. The summed E-state index contributed by atoms with van der Waals surface area (Å²) in [6, 6.07) is 9.43. The van der Waals surface area contributed by atoms with Crippen molar-refractivity contribution in [3.8, 4) is 0 Å². The number of rotatable bonds is 4. The van der Waals surface area contributed by atoms with Gasteiger partial charge in [0.05, 0.1) is 6.42 Å². The minimum atomic E-state index is -0.00546. The second kappa shape index (κ2) is 5.50. The van der Waals surface area contributed by atoms with Crippen LogP contribution in [-0.2, 0) is 17.8 Å². The maximum Gasteiger partial charge on any atom is 0.224 e. The average molecular weight is 246 g/mol. The number of benzene rings is 1. The number of nitrogens with two attached hydrogens (primary N) is 1. The Hall–Kier alpha value is -1.81. The van der Waals surface area contributed by atoms with Gasteiger partial charge in [-0.15, -0.1) is 0 Å². The van der Waals surface area contributed by atoms with Gasteiger partial charge in [0.2, 0.25) is 5.91 Å². The van der Waals surface area contributed by atoms with Crippen molar-refractivity contribution in [1.29, 1.82) is 0 Å². The third-order valence-corrected chi connectivity index (χ3v) is 3.21. The lowest BCUT2D eigenvalue weighted by molar-refractivity contribution is -0.120. The first kappa shape index (κ1) is 11.7. The standard InChI is InChI=1S/C13H14N2OS/c14-12-4-2-1-3-11(12)7-13(16)15-8-10-5-6-17-9-10/h1-6,9H,7-8,14H2,(H,15,16). The zero-order valence-corrected chi connectivity index (χ0v) is 10.2. The lowest BCUT2D eigenvalue weighted by Crippen LogP contribution is -2.24. The van der Waals surface area contributed by atoms with E-state index in [0.29, 0.717) is 18.7 Å². The first-order valence-corrected chi connectivity index (χ1v) is 6.31. The van der Waals surface area contributed by atoms with Gasteiger partial charge in [0.1, 0.15) is 0 Å². The average Bonchev–Trinajstić information content (AvgIpc) is 2.82. The summed E-state index contributed by atoms with van der Waals surface area (Å²) >= 11 is 1.63. The molecule has 1 aromatic carbocycles. The highest BCUT2D eigenvalue weighted by atomic mass is 32.1. The van der Waals surface area contributed by atoms with Crippen LogP contribution in [0.1, 0.15) is 11.1 Å². The molecule has 0 radical (unpaired) electrons. The molecular formula is C13H14N2OS. The molecule has 0 aliphatic rings. The smallest absolute Gasteiger partial charge is 0.224 e. The van der Waals surface area contributed by atoms with Crippen LogP contribution in [0.2, 0.25) is 0 Å². The van der Waals surface area contributed by atoms with Crippen molar-refractivity contribution in [2.75, 3.05) is 5.73 Å². The molecular weight excluding hydrogens is 232 g/mol. The summed E-state index contributed by atoms with van der Waals surface area (Å²) in [5, 5.41) is 6.89. The van der Waals surface area contributed by atoms with Gasteiger partial charge in [-0.25, -0.2) is 0 Å². The molecule has 0 aliphatic heterocycles. The van der Waals surface area contributed by atoms with Crippen LogP contribution in [0.15, 0.2) is 41.1 Å². The first-order valence-electron chi connectivity index (χ1n) is 5.37. The molecule has 3 N–H and O–H groups in total. The van der Waals surface area contributed by atoms with Crippen LogP contribution in [0.3, 0.4) is 0 Å². The van der Waals surface area contributed by atoms with Crippen molar-refractivity contribution >= 4 is 22.9 Å². The minimum absolute atomic E-state index is 0.00546. The van der Waals surface area contributed by atoms with Gasteiger partial charge in [-0.2, -0.15) is 11.3 Å². The molecule has 1 amide bonds. The van der Waals surface area contributed by atoms with Crippen LogP contribution in [0.25, 0.3) is 0 Å². The Bertz CT molecular complexity index is 494. The van der Waals surface area contributed by atoms with Crippen molar-refractivity contribution in [3.05, 3.63) is 52.2 Å². The van der Waals surface area contributed by atoms with Gasteiger partial charge in [-0.05, 0) is 34.0 Å². The number of carbonyl (C=O) groups excluding carboxylic acids is 1. The second-order valence-corrected chi connectivity index (χ2v) is 4.56. The van der Waals surface area contributed by atoms with E-state index in [1.807, 2.05) is 41.1 Å². The number of amides is 1. The van der Waals surface area contributed by atoms with Crippen LogP contribution >= 0.6 is 11.3 Å². The van der Waals surface area contributed by atoms with Gasteiger partial charge >= 0.3 is 0 Å². The largest absolute Gasteiger partial charge is 0.398 e. The summed E-state index contributed by atoms with van der Waals surface area (Å²) in [6.07, 6.45) is 0.330. The molecule has 0 spiro atoms. The Labute approximate surface area is 104 Å². The molecule has 0 bridgehead atoms. The predicted molar refractivity (Wildman–Crippen MR) is 70.7 cm³/mol. The van der Waals surface area contributed by atoms with Gasteiger partial charge in [0.25, 0.3) is 0 Å². The monoisotopic (exact) mass is 246 g/mol. The van der Waals surface area contributed by atoms with Gasteiger partial charge < -0.3 is 11.1 Å². The summed E-state index contributed by atoms with van der Waals surface area (Å²) in [6.45, 7) is 0.578. The number of nitrogen functional groups attached to an aromatic ring is 1. The molecule has 0 fully saturated rings. The van der Waals surface area contributed by atoms with Gasteiger partial charge in [-0.3, -0.25) is 4.79 Å². The molecule has 0 unspecified atom stereocenters. The van der Waals surface area contributed by atoms with Crippen molar-refractivity contribution in [3.63, 3.8) is 0 Å². The van der Waals surface area contributed by atoms with E-state index in [4.69, 9.17) is 5.73 Å². The van der Waals surface area contributed by atoms with E-state index in [1.54, 1.807) is 11.3 Å². The molecule has 1 heterocycles. The number of hydrogen-bond acceptors (Lipinski definition) is 3. The molecule has 88 valence electrons. The molecule has 0 saturated heterocycles. The van der Waals surface area contributed by atoms with Gasteiger partial charge in [0, 0.05) is 12.2 Å². The van der Waals surface area contributed by atoms with E-state index in [-0.39, 0.29) is 5.91 Å². The molecule has 0 aliphatic carbocycles. The van der Waals surface area contributed by atoms with E-state index in [2.05, 4.69) is 5.32 Å². The summed E-state index contributed by atoms with van der Waals surface area (Å²) < 4.78 is 0. The number of carbonyl (C=O) groups is 1. The summed E-state index contributed by atoms with van der Waals surface area (Å²) in [7, 11) is 0. The third kappa shape index (κ3) is 3.32. The van der Waals surface area contributed by atoms with Crippen molar-refractivity contribution < 1.29 is 4.79 Å². The molecule has 17 heavy (non-hydrogen) atoms. The number of anilines is 1. The van der Waals surface area contributed by atoms with Crippen LogP contribution in [0.4, 0.5) is 5.69 Å². The topological polar surface area (TPSA) is 55.1 Å². The zero-order chi connectivity index (χ0) is 12.1. The fraction of sp³-hybridized carbons (Fsp3) is 0.154. The van der Waals surface area contributed by atoms with Crippen molar-refractivity contribution in [1.82, 2.24) is 5.32 Å². The second-order valence-electron chi connectivity index (χ2n) is 3.78. The van der Waals surface area contributed by atoms with E-state index in [9.17, 15) is 4.79 Å². The quantitative estimate of drug-likeness (QED) is 0.812. The fourth-order valence-electron chi connectivity index (χ4n) is 1.52. The molecule has 1 aromatic heterocycles. The van der Waals surface area contributed by atoms with Gasteiger partial charge in [0.15, 0.2) is 0 Å². The number of thiophene rings is 1. The number of hydrogen-bond donors (Lipinski definition) is 2. The summed E-state index contributed by atoms with van der Waals surface area (Å²) in [5.41, 5.74) is 8.45. The molecule has 0 saturated carbocycles. The molecule has 3 nitrogen and oxygen atoms in total. The highest BCUT2D eigenvalue weighted by molar-refractivity contribution is 7.07. The van der Waals surface area contributed by atoms with E-state index >= 15 is 0 Å². The highest BCUT2D eigenvalue weighted by Crippen LogP contribution is 2.11. The normalized spacial score (nSPS) is 10.1. The fourth-order valence-corrected chi connectivity index (χ4v) is 2.19. The maximum atomic E-state index is 11.7. The van der Waals surface area contributed by atoms with Gasteiger partial charge in [-0.1, -0.05) is 18.2 Å². The lowest BCUT2D eigenvalue weighted by Gasteiger charge is -2.06. The minimum Gasteiger partial charge on any atom is -0.398 e. The lowest BCUT2D eigenvalue weighted by atomic mass is 10.1.